The second-order valence-corrected chi connectivity index (χ2v) is 6.86. The van der Waals surface area contributed by atoms with Crippen molar-refractivity contribution >= 4 is 11.0 Å². The standard InChI is InChI=1S/C20H20N6O2/c1-3-17-22-12(2)18(28-17)20-24-19(13-8-9-27-11-13)25-26(20)16-10-21-14-6-4-5-7-15(14)23-16/h4-7,10,13H,3,8-9,11H2,1-2H3/t13-/m0/s1. The van der Waals surface area contributed by atoms with Crippen LogP contribution in [0.25, 0.3) is 28.4 Å². The van der Waals surface area contributed by atoms with E-state index in [2.05, 4.69) is 9.97 Å². The van der Waals surface area contributed by atoms with E-state index in [0.717, 1.165) is 35.6 Å². The Hall–Kier alpha value is -3.13. The first kappa shape index (κ1) is 17.0. The molecule has 0 spiro atoms. The van der Waals surface area contributed by atoms with Crippen LogP contribution in [0.4, 0.5) is 0 Å². The molecular formula is C20H20N6O2. The molecule has 28 heavy (non-hydrogen) atoms. The van der Waals surface area contributed by atoms with E-state index in [1.807, 2.05) is 38.1 Å². The number of ether oxygens (including phenoxy) is 1. The highest BCUT2D eigenvalue weighted by Gasteiger charge is 2.27. The molecule has 0 radical (unpaired) electrons. The summed E-state index contributed by atoms with van der Waals surface area (Å²) in [6.07, 6.45) is 3.33. The van der Waals surface area contributed by atoms with Crippen LogP contribution in [0.5, 0.6) is 0 Å². The molecule has 0 saturated carbocycles. The van der Waals surface area contributed by atoms with E-state index >= 15 is 0 Å². The molecule has 5 rings (SSSR count). The van der Waals surface area contributed by atoms with Crippen LogP contribution in [0.15, 0.2) is 34.9 Å². The molecule has 0 bridgehead atoms. The molecule has 8 nitrogen and oxygen atoms in total. The Bertz CT molecular complexity index is 1140. The Balaban J connectivity index is 1.68. The lowest BCUT2D eigenvalue weighted by Gasteiger charge is -2.05. The van der Waals surface area contributed by atoms with Gasteiger partial charge >= 0.3 is 0 Å². The van der Waals surface area contributed by atoms with Gasteiger partial charge in [-0.15, -0.1) is 5.10 Å². The van der Waals surface area contributed by atoms with Crippen LogP contribution in [-0.4, -0.2) is 42.9 Å². The van der Waals surface area contributed by atoms with Gasteiger partial charge in [-0.2, -0.15) is 4.68 Å². The summed E-state index contributed by atoms with van der Waals surface area (Å²) in [6, 6.07) is 7.76. The molecule has 0 amide bonds. The van der Waals surface area contributed by atoms with Gasteiger partial charge in [-0.25, -0.2) is 15.0 Å². The first-order valence-corrected chi connectivity index (χ1v) is 9.46. The van der Waals surface area contributed by atoms with E-state index in [4.69, 9.17) is 24.2 Å². The summed E-state index contributed by atoms with van der Waals surface area (Å²) in [5.41, 5.74) is 2.42. The van der Waals surface area contributed by atoms with Crippen molar-refractivity contribution in [2.75, 3.05) is 13.2 Å². The number of benzene rings is 1. The number of para-hydroxylation sites is 2. The van der Waals surface area contributed by atoms with Gasteiger partial charge < -0.3 is 9.15 Å². The smallest absolute Gasteiger partial charge is 0.202 e. The van der Waals surface area contributed by atoms with Gasteiger partial charge in [-0.05, 0) is 25.5 Å². The molecule has 0 aliphatic carbocycles. The molecule has 0 unspecified atom stereocenters. The Morgan fingerprint density at radius 2 is 2.00 bits per heavy atom. The zero-order valence-electron chi connectivity index (χ0n) is 15.8. The predicted molar refractivity (Wildman–Crippen MR) is 102 cm³/mol. The maximum Gasteiger partial charge on any atom is 0.202 e. The van der Waals surface area contributed by atoms with Gasteiger partial charge in [0.2, 0.25) is 5.82 Å². The molecule has 4 aromatic rings. The fraction of sp³-hybridized carbons (Fsp3) is 0.350. The van der Waals surface area contributed by atoms with E-state index in [1.165, 1.54) is 0 Å². The van der Waals surface area contributed by atoms with Gasteiger partial charge in [-0.3, -0.25) is 4.98 Å². The van der Waals surface area contributed by atoms with E-state index in [9.17, 15) is 0 Å². The van der Waals surface area contributed by atoms with Crippen LogP contribution in [0, 0.1) is 6.92 Å². The van der Waals surface area contributed by atoms with Gasteiger partial charge in [-0.1, -0.05) is 19.1 Å². The summed E-state index contributed by atoms with van der Waals surface area (Å²) in [6.45, 7) is 5.28. The quantitative estimate of drug-likeness (QED) is 0.540. The largest absolute Gasteiger partial charge is 0.437 e. The van der Waals surface area contributed by atoms with Crippen LogP contribution in [0.1, 0.15) is 36.7 Å². The lowest BCUT2D eigenvalue weighted by molar-refractivity contribution is 0.193. The molecule has 8 heteroatoms. The third-order valence-corrected chi connectivity index (χ3v) is 4.92. The van der Waals surface area contributed by atoms with Gasteiger partial charge in [0.05, 0.1) is 29.5 Å². The van der Waals surface area contributed by atoms with Gasteiger partial charge in [0.1, 0.15) is 0 Å². The molecule has 0 N–H and O–H groups in total. The molecule has 1 fully saturated rings. The summed E-state index contributed by atoms with van der Waals surface area (Å²) >= 11 is 0. The van der Waals surface area contributed by atoms with Crippen LogP contribution < -0.4 is 0 Å². The van der Waals surface area contributed by atoms with Crippen molar-refractivity contribution in [3.63, 3.8) is 0 Å². The molecule has 142 valence electrons. The van der Waals surface area contributed by atoms with Gasteiger partial charge in [0.15, 0.2) is 23.3 Å². The second kappa shape index (κ2) is 6.79. The Kier molecular flexibility index (Phi) is 4.12. The van der Waals surface area contributed by atoms with Crippen molar-refractivity contribution < 1.29 is 9.15 Å². The minimum absolute atomic E-state index is 0.169. The number of hydrogen-bond acceptors (Lipinski definition) is 7. The molecule has 1 aromatic carbocycles. The summed E-state index contributed by atoms with van der Waals surface area (Å²) in [4.78, 5) is 18.5. The summed E-state index contributed by atoms with van der Waals surface area (Å²) in [7, 11) is 0. The lowest BCUT2D eigenvalue weighted by atomic mass is 10.1. The normalized spacial score (nSPS) is 16.9. The van der Waals surface area contributed by atoms with Crippen LogP contribution in [-0.2, 0) is 11.2 Å². The molecule has 1 saturated heterocycles. The van der Waals surface area contributed by atoms with Crippen molar-refractivity contribution in [1.82, 2.24) is 29.7 Å². The average molecular weight is 376 g/mol. The predicted octanol–water partition coefficient (Wildman–Crippen LogP) is 3.24. The van der Waals surface area contributed by atoms with Gasteiger partial charge in [0.25, 0.3) is 0 Å². The van der Waals surface area contributed by atoms with Crippen molar-refractivity contribution in [1.29, 1.82) is 0 Å². The Morgan fingerprint density at radius 3 is 2.75 bits per heavy atom. The molecule has 1 aliphatic heterocycles. The van der Waals surface area contributed by atoms with E-state index < -0.39 is 0 Å². The monoisotopic (exact) mass is 376 g/mol. The molecular weight excluding hydrogens is 356 g/mol. The lowest BCUT2D eigenvalue weighted by Crippen LogP contribution is -2.05. The highest BCUT2D eigenvalue weighted by Crippen LogP contribution is 2.29. The number of aromatic nitrogens is 6. The first-order valence-electron chi connectivity index (χ1n) is 9.46. The zero-order chi connectivity index (χ0) is 19.1. The minimum Gasteiger partial charge on any atom is -0.437 e. The van der Waals surface area contributed by atoms with Crippen molar-refractivity contribution in [3.8, 4) is 17.4 Å². The van der Waals surface area contributed by atoms with Crippen LogP contribution >= 0.6 is 0 Å². The average Bonchev–Trinajstić information content (AvgIpc) is 3.46. The number of hydrogen-bond donors (Lipinski definition) is 0. The van der Waals surface area contributed by atoms with Crippen LogP contribution in [0.2, 0.25) is 0 Å². The Labute approximate surface area is 161 Å². The van der Waals surface area contributed by atoms with Crippen LogP contribution in [0.3, 0.4) is 0 Å². The van der Waals surface area contributed by atoms with E-state index in [0.29, 0.717) is 36.3 Å². The summed E-state index contributed by atoms with van der Waals surface area (Å²) < 4.78 is 13.2. The SMILES string of the molecule is CCc1nc(C)c(-c2nc([C@H]3CCOC3)nn2-c2cnc3ccccc3n2)o1. The highest BCUT2D eigenvalue weighted by atomic mass is 16.5. The van der Waals surface area contributed by atoms with Gasteiger partial charge in [0, 0.05) is 18.9 Å². The number of fused-ring (bicyclic) bond motifs is 1. The van der Waals surface area contributed by atoms with Crippen molar-refractivity contribution in [2.45, 2.75) is 32.6 Å². The number of nitrogens with zero attached hydrogens (tertiary/aromatic N) is 6. The first-order chi connectivity index (χ1) is 13.7. The number of aryl methyl sites for hydroxylation is 2. The number of rotatable bonds is 4. The maximum absolute atomic E-state index is 5.96. The fourth-order valence-corrected chi connectivity index (χ4v) is 3.41. The molecule has 1 aliphatic rings. The van der Waals surface area contributed by atoms with E-state index in [-0.39, 0.29) is 5.92 Å². The molecule has 4 heterocycles. The minimum atomic E-state index is 0.169. The maximum atomic E-state index is 5.96. The summed E-state index contributed by atoms with van der Waals surface area (Å²) in [5.74, 6) is 3.39. The highest BCUT2D eigenvalue weighted by molar-refractivity contribution is 5.74. The fourth-order valence-electron chi connectivity index (χ4n) is 3.41. The molecule has 1 atom stereocenters. The van der Waals surface area contributed by atoms with E-state index in [1.54, 1.807) is 10.9 Å². The third kappa shape index (κ3) is 2.86. The zero-order valence-corrected chi connectivity index (χ0v) is 15.8. The second-order valence-electron chi connectivity index (χ2n) is 6.86. The topological polar surface area (TPSA) is 91.8 Å². The molecule has 3 aromatic heterocycles. The Morgan fingerprint density at radius 1 is 1.14 bits per heavy atom. The third-order valence-electron chi connectivity index (χ3n) is 4.92. The van der Waals surface area contributed by atoms with Crippen molar-refractivity contribution in [2.24, 2.45) is 0 Å². The van der Waals surface area contributed by atoms with Crippen molar-refractivity contribution in [3.05, 3.63) is 47.9 Å². The summed E-state index contributed by atoms with van der Waals surface area (Å²) in [5, 5.41) is 4.76. The number of oxazole rings is 1.